The number of benzene rings is 1. The molecule has 96 valence electrons. The van der Waals surface area contributed by atoms with E-state index in [-0.39, 0.29) is 17.5 Å². The average Bonchev–Trinajstić information content (AvgIpc) is 2.72. The molecule has 1 atom stereocenters. The zero-order valence-electron chi connectivity index (χ0n) is 10.3. The molecule has 18 heavy (non-hydrogen) atoms. The second-order valence-corrected chi connectivity index (χ2v) is 4.18. The first-order valence-electron chi connectivity index (χ1n) is 5.66. The highest BCUT2D eigenvalue weighted by atomic mass is 16.3. The molecule has 0 fully saturated rings. The molecule has 0 aliphatic rings. The third-order valence-electron chi connectivity index (χ3n) is 2.69. The highest BCUT2D eigenvalue weighted by Gasteiger charge is 2.11. The Labute approximate surface area is 105 Å². The van der Waals surface area contributed by atoms with Crippen molar-refractivity contribution in [2.75, 3.05) is 0 Å². The van der Waals surface area contributed by atoms with E-state index in [1.807, 2.05) is 14.0 Å². The van der Waals surface area contributed by atoms with Crippen LogP contribution < -0.4 is 5.32 Å². The molecule has 1 aromatic carbocycles. The molecule has 2 aromatic rings. The van der Waals surface area contributed by atoms with Crippen molar-refractivity contribution in [2.24, 2.45) is 7.05 Å². The Bertz CT molecular complexity index is 539. The molecule has 6 heteroatoms. The highest BCUT2D eigenvalue weighted by Crippen LogP contribution is 2.27. The molecule has 0 aliphatic carbocycles. The van der Waals surface area contributed by atoms with Crippen LogP contribution in [0.3, 0.4) is 0 Å². The summed E-state index contributed by atoms with van der Waals surface area (Å²) in [5, 5.41) is 26.3. The number of phenols is 2. The average molecular weight is 248 g/mol. The summed E-state index contributed by atoms with van der Waals surface area (Å²) in [5.74, 6) is 0.821. The molecule has 1 aromatic heterocycles. The van der Waals surface area contributed by atoms with E-state index in [1.54, 1.807) is 23.1 Å². The molecule has 6 nitrogen and oxygen atoms in total. The number of rotatable bonds is 4. The number of aromatic hydroxyl groups is 2. The van der Waals surface area contributed by atoms with Crippen LogP contribution in [0.1, 0.15) is 24.4 Å². The lowest BCUT2D eigenvalue weighted by atomic mass is 10.1. The summed E-state index contributed by atoms with van der Waals surface area (Å²) in [4.78, 5) is 4.10. The third-order valence-corrected chi connectivity index (χ3v) is 2.69. The first-order valence-corrected chi connectivity index (χ1v) is 5.66. The number of aryl methyl sites for hydroxylation is 1. The van der Waals surface area contributed by atoms with Gasteiger partial charge >= 0.3 is 0 Å². The van der Waals surface area contributed by atoms with Crippen molar-refractivity contribution in [1.29, 1.82) is 0 Å². The Morgan fingerprint density at radius 2 is 2.17 bits per heavy atom. The Kier molecular flexibility index (Phi) is 3.47. The van der Waals surface area contributed by atoms with Gasteiger partial charge < -0.3 is 15.5 Å². The monoisotopic (exact) mass is 248 g/mol. The van der Waals surface area contributed by atoms with E-state index >= 15 is 0 Å². The minimum Gasteiger partial charge on any atom is -0.508 e. The fourth-order valence-electron chi connectivity index (χ4n) is 1.72. The van der Waals surface area contributed by atoms with Crippen LogP contribution in [0.2, 0.25) is 0 Å². The molecular weight excluding hydrogens is 232 g/mol. The quantitative estimate of drug-likeness (QED) is 0.754. The van der Waals surface area contributed by atoms with Crippen molar-refractivity contribution in [1.82, 2.24) is 20.1 Å². The molecule has 0 saturated carbocycles. The van der Waals surface area contributed by atoms with Crippen LogP contribution in [0.5, 0.6) is 11.5 Å². The van der Waals surface area contributed by atoms with E-state index in [1.165, 1.54) is 6.07 Å². The van der Waals surface area contributed by atoms with E-state index in [2.05, 4.69) is 15.4 Å². The molecule has 0 amide bonds. The lowest BCUT2D eigenvalue weighted by molar-refractivity contribution is 0.435. The lowest BCUT2D eigenvalue weighted by Crippen LogP contribution is -2.19. The summed E-state index contributed by atoms with van der Waals surface area (Å²) in [7, 11) is 1.81. The SMILES string of the molecule is CC(NCc1ncn(C)n1)c1ccc(O)cc1O. The Hall–Kier alpha value is -2.08. The van der Waals surface area contributed by atoms with Crippen molar-refractivity contribution >= 4 is 0 Å². The van der Waals surface area contributed by atoms with Gasteiger partial charge in [0.15, 0.2) is 5.82 Å². The summed E-state index contributed by atoms with van der Waals surface area (Å²) in [6.07, 6.45) is 1.64. The Morgan fingerprint density at radius 3 is 2.78 bits per heavy atom. The predicted molar refractivity (Wildman–Crippen MR) is 66.0 cm³/mol. The highest BCUT2D eigenvalue weighted by molar-refractivity contribution is 5.40. The van der Waals surface area contributed by atoms with Gasteiger partial charge in [0, 0.05) is 24.7 Å². The third kappa shape index (κ3) is 2.78. The zero-order chi connectivity index (χ0) is 13.1. The van der Waals surface area contributed by atoms with E-state index in [9.17, 15) is 10.2 Å². The van der Waals surface area contributed by atoms with Gasteiger partial charge in [0.25, 0.3) is 0 Å². The second-order valence-electron chi connectivity index (χ2n) is 4.18. The summed E-state index contributed by atoms with van der Waals surface area (Å²) >= 11 is 0. The predicted octanol–water partition coefficient (Wildman–Crippen LogP) is 1.08. The molecule has 0 bridgehead atoms. The topological polar surface area (TPSA) is 83.2 Å². The zero-order valence-corrected chi connectivity index (χ0v) is 10.3. The van der Waals surface area contributed by atoms with Crippen LogP contribution in [0.25, 0.3) is 0 Å². The Morgan fingerprint density at radius 1 is 1.39 bits per heavy atom. The number of hydrogen-bond acceptors (Lipinski definition) is 5. The molecular formula is C12H16N4O2. The summed E-state index contributed by atoms with van der Waals surface area (Å²) in [5.41, 5.74) is 0.726. The molecule has 1 unspecified atom stereocenters. The van der Waals surface area contributed by atoms with Crippen LogP contribution in [0.4, 0.5) is 0 Å². The maximum absolute atomic E-state index is 9.73. The van der Waals surface area contributed by atoms with Crippen LogP contribution in [0, 0.1) is 0 Å². The first-order chi connectivity index (χ1) is 8.56. The minimum absolute atomic E-state index is 0.0508. The van der Waals surface area contributed by atoms with Crippen LogP contribution in [0.15, 0.2) is 24.5 Å². The van der Waals surface area contributed by atoms with E-state index < -0.39 is 0 Å². The largest absolute Gasteiger partial charge is 0.508 e. The molecule has 1 heterocycles. The van der Waals surface area contributed by atoms with E-state index in [0.717, 1.165) is 5.56 Å². The van der Waals surface area contributed by atoms with Crippen molar-refractivity contribution in [2.45, 2.75) is 19.5 Å². The van der Waals surface area contributed by atoms with Gasteiger partial charge in [0.05, 0.1) is 6.54 Å². The molecule has 0 aliphatic heterocycles. The standard InChI is InChI=1S/C12H16N4O2/c1-8(10-4-3-9(17)5-11(10)18)13-6-12-14-7-16(2)15-12/h3-5,7-8,13,17-18H,6H2,1-2H3. The summed E-state index contributed by atoms with van der Waals surface area (Å²) < 4.78 is 1.64. The maximum Gasteiger partial charge on any atom is 0.164 e. The number of aromatic nitrogens is 3. The van der Waals surface area contributed by atoms with Gasteiger partial charge in [-0.05, 0) is 13.0 Å². The van der Waals surface area contributed by atoms with E-state index in [4.69, 9.17) is 0 Å². The van der Waals surface area contributed by atoms with Crippen LogP contribution in [-0.2, 0) is 13.6 Å². The number of nitrogens with zero attached hydrogens (tertiary/aromatic N) is 3. The first kappa shape index (κ1) is 12.4. The van der Waals surface area contributed by atoms with Crippen molar-refractivity contribution in [3.05, 3.63) is 35.9 Å². The molecule has 0 radical (unpaired) electrons. The number of hydrogen-bond donors (Lipinski definition) is 3. The van der Waals surface area contributed by atoms with Crippen LogP contribution >= 0.6 is 0 Å². The summed E-state index contributed by atoms with van der Waals surface area (Å²) in [6.45, 7) is 2.44. The van der Waals surface area contributed by atoms with Crippen molar-refractivity contribution in [3.8, 4) is 11.5 Å². The molecule has 2 rings (SSSR count). The Balaban J connectivity index is 2.01. The smallest absolute Gasteiger partial charge is 0.164 e. The lowest BCUT2D eigenvalue weighted by Gasteiger charge is -2.14. The van der Waals surface area contributed by atoms with Gasteiger partial charge in [-0.25, -0.2) is 4.98 Å². The van der Waals surface area contributed by atoms with Gasteiger partial charge in [-0.2, -0.15) is 5.10 Å². The fourth-order valence-corrected chi connectivity index (χ4v) is 1.72. The minimum atomic E-state index is -0.0607. The summed E-state index contributed by atoms with van der Waals surface area (Å²) in [6, 6.07) is 4.50. The number of phenolic OH excluding ortho intramolecular Hbond substituents is 2. The van der Waals surface area contributed by atoms with Gasteiger partial charge in [0.1, 0.15) is 17.8 Å². The normalized spacial score (nSPS) is 12.6. The van der Waals surface area contributed by atoms with Gasteiger partial charge in [-0.1, -0.05) is 6.07 Å². The molecule has 0 spiro atoms. The van der Waals surface area contributed by atoms with Gasteiger partial charge in [0.2, 0.25) is 0 Å². The molecule has 3 N–H and O–H groups in total. The van der Waals surface area contributed by atoms with E-state index in [0.29, 0.717) is 12.4 Å². The molecule has 0 saturated heterocycles. The second kappa shape index (κ2) is 5.05. The van der Waals surface area contributed by atoms with Gasteiger partial charge in [-0.15, -0.1) is 0 Å². The number of nitrogens with one attached hydrogen (secondary N) is 1. The van der Waals surface area contributed by atoms with Crippen LogP contribution in [-0.4, -0.2) is 25.0 Å². The maximum atomic E-state index is 9.73. The van der Waals surface area contributed by atoms with Crippen molar-refractivity contribution in [3.63, 3.8) is 0 Å². The van der Waals surface area contributed by atoms with Crippen molar-refractivity contribution < 1.29 is 10.2 Å². The van der Waals surface area contributed by atoms with Gasteiger partial charge in [-0.3, -0.25) is 4.68 Å². The fraction of sp³-hybridized carbons (Fsp3) is 0.333.